The molecule has 3 atom stereocenters. The van der Waals surface area contributed by atoms with Crippen LogP contribution in [0.25, 0.3) is 22.3 Å². The van der Waals surface area contributed by atoms with E-state index in [0.717, 1.165) is 116 Å². The summed E-state index contributed by atoms with van der Waals surface area (Å²) >= 11 is 0. The van der Waals surface area contributed by atoms with Gasteiger partial charge in [0.25, 0.3) is 11.8 Å². The predicted octanol–water partition coefficient (Wildman–Crippen LogP) is 4.75. The molecular weight excluding hydrogens is 761 g/mol. The number of fused-ring (bicyclic) bond motifs is 2. The van der Waals surface area contributed by atoms with Gasteiger partial charge in [0.05, 0.1) is 22.6 Å². The molecule has 4 amide bonds. The number of nitrogen functional groups attached to an aromatic ring is 1. The molecule has 0 bridgehead atoms. The van der Waals surface area contributed by atoms with Crippen molar-refractivity contribution in [2.75, 3.05) is 63.0 Å². The Balaban J connectivity index is 0.718. The van der Waals surface area contributed by atoms with Gasteiger partial charge in [-0.05, 0) is 105 Å². The molecule has 7 heterocycles. The van der Waals surface area contributed by atoms with Crippen LogP contribution in [0.3, 0.4) is 0 Å². The van der Waals surface area contributed by atoms with Crippen LogP contribution in [-0.2, 0) is 9.59 Å². The van der Waals surface area contributed by atoms with Gasteiger partial charge >= 0.3 is 0 Å². The Labute approximate surface area is 347 Å². The summed E-state index contributed by atoms with van der Waals surface area (Å²) < 4.78 is 8.09. The Hall–Kier alpha value is -6.19. The topological polar surface area (TPSA) is 172 Å². The van der Waals surface area contributed by atoms with Crippen molar-refractivity contribution < 1.29 is 23.9 Å². The first-order valence-corrected chi connectivity index (χ1v) is 21.1. The number of benzene rings is 3. The molecule has 3 N–H and O–H groups in total. The van der Waals surface area contributed by atoms with Crippen LogP contribution in [0, 0.1) is 11.8 Å². The summed E-state index contributed by atoms with van der Waals surface area (Å²) in [6, 6.07) is 22.3. The fourth-order valence-corrected chi connectivity index (χ4v) is 9.93. The first-order valence-electron chi connectivity index (χ1n) is 21.1. The largest absolute Gasteiger partial charge is 0.457 e. The van der Waals surface area contributed by atoms with Crippen LogP contribution in [0.15, 0.2) is 79.1 Å². The summed E-state index contributed by atoms with van der Waals surface area (Å²) in [5, 5.41) is 8.17. The van der Waals surface area contributed by atoms with Crippen LogP contribution >= 0.6 is 0 Å². The lowest BCUT2D eigenvalue weighted by molar-refractivity contribution is -0.136. The molecule has 4 fully saturated rings. The van der Waals surface area contributed by atoms with Gasteiger partial charge in [-0.1, -0.05) is 18.2 Å². The van der Waals surface area contributed by atoms with E-state index in [2.05, 4.69) is 34.7 Å². The van der Waals surface area contributed by atoms with E-state index in [1.165, 1.54) is 12.7 Å². The number of nitrogens with one attached hydrogen (secondary N) is 1. The third-order valence-electron chi connectivity index (χ3n) is 13.0. The van der Waals surface area contributed by atoms with Gasteiger partial charge in [0.15, 0.2) is 5.65 Å². The number of amides is 4. The van der Waals surface area contributed by atoms with Gasteiger partial charge in [0.2, 0.25) is 11.8 Å². The number of ether oxygens (including phenoxy) is 1. The van der Waals surface area contributed by atoms with Crippen molar-refractivity contribution in [3.8, 4) is 22.8 Å². The highest BCUT2D eigenvalue weighted by atomic mass is 16.5. The molecule has 5 aromatic rings. The number of anilines is 2. The smallest absolute Gasteiger partial charge is 0.262 e. The van der Waals surface area contributed by atoms with E-state index in [1.807, 2.05) is 60.7 Å². The minimum Gasteiger partial charge on any atom is -0.457 e. The van der Waals surface area contributed by atoms with Gasteiger partial charge in [-0.2, -0.15) is 5.10 Å². The maximum atomic E-state index is 13.4. The molecule has 3 aromatic carbocycles. The lowest BCUT2D eigenvalue weighted by atomic mass is 10.0. The quantitative estimate of drug-likeness (QED) is 0.186. The van der Waals surface area contributed by atoms with Crippen molar-refractivity contribution >= 4 is 46.2 Å². The molecule has 2 aromatic heterocycles. The van der Waals surface area contributed by atoms with E-state index < -0.39 is 23.8 Å². The molecule has 5 aliphatic heterocycles. The number of nitrogens with zero attached hydrogens (tertiary/aromatic N) is 8. The Bertz CT molecular complexity index is 2470. The molecule has 0 radical (unpaired) electrons. The van der Waals surface area contributed by atoms with Crippen molar-refractivity contribution in [3.63, 3.8) is 0 Å². The number of carbonyl (C=O) groups is 4. The number of nitrogens with two attached hydrogens (primary N) is 1. The highest BCUT2D eigenvalue weighted by Crippen LogP contribution is 2.37. The van der Waals surface area contributed by atoms with Crippen molar-refractivity contribution in [1.29, 1.82) is 0 Å². The SMILES string of the molecule is Nc1ncnc2c1c(-c1ccc(Oc3ccccc3)cc1)nn2C1CCN(C[C@H]2CCN(C[C@@H]3CCN(c4ccc5c(c4)C(=O)N(C4CCC(=O)NC4=O)C5=O)C3)C2)CC1. The monoisotopic (exact) mass is 808 g/mol. The third-order valence-corrected chi connectivity index (χ3v) is 13.0. The van der Waals surface area contributed by atoms with Crippen LogP contribution in [0.5, 0.6) is 11.5 Å². The van der Waals surface area contributed by atoms with Crippen LogP contribution < -0.4 is 20.7 Å². The fraction of sp³-hybridized carbons (Fsp3) is 0.400. The first-order chi connectivity index (χ1) is 29.3. The second kappa shape index (κ2) is 15.8. The third kappa shape index (κ3) is 7.25. The van der Waals surface area contributed by atoms with Gasteiger partial charge < -0.3 is 25.2 Å². The predicted molar refractivity (Wildman–Crippen MR) is 224 cm³/mol. The molecule has 308 valence electrons. The molecule has 60 heavy (non-hydrogen) atoms. The maximum Gasteiger partial charge on any atom is 0.262 e. The zero-order chi connectivity index (χ0) is 40.9. The Morgan fingerprint density at radius 2 is 1.45 bits per heavy atom. The summed E-state index contributed by atoms with van der Waals surface area (Å²) in [6.07, 6.45) is 6.00. The summed E-state index contributed by atoms with van der Waals surface area (Å²) in [7, 11) is 0. The molecule has 4 saturated heterocycles. The summed E-state index contributed by atoms with van der Waals surface area (Å²) in [4.78, 5) is 68.3. The normalized spacial score (nSPS) is 22.9. The molecule has 1 unspecified atom stereocenters. The van der Waals surface area contributed by atoms with Crippen LogP contribution in [-0.4, -0.2) is 116 Å². The number of para-hydroxylation sites is 1. The van der Waals surface area contributed by atoms with E-state index in [-0.39, 0.29) is 24.8 Å². The number of hydrogen-bond donors (Lipinski definition) is 2. The van der Waals surface area contributed by atoms with Gasteiger partial charge in [0, 0.05) is 63.5 Å². The standard InChI is InChI=1S/C45H48N10O5/c46-41-39-40(30-6-9-34(10-7-30)60-33-4-2-1-3-5-33)50-55(42(39)48-27-47-41)31-16-19-51(20-17-31)23-28-14-18-52(24-28)25-29-15-21-53(26-29)32-8-11-35-36(22-32)45(59)54(44(35)58)37-12-13-38(56)49-43(37)57/h1-11,22,27-29,31,37H,12-21,23-26H2,(H2,46,47,48)(H,49,56,57)/t28-,29+,37?/m1/s1. The van der Waals surface area contributed by atoms with Gasteiger partial charge in [-0.15, -0.1) is 0 Å². The highest BCUT2D eigenvalue weighted by Gasteiger charge is 2.45. The molecule has 0 spiro atoms. The number of likely N-dealkylation sites (tertiary alicyclic amines) is 2. The van der Waals surface area contributed by atoms with E-state index in [1.54, 1.807) is 12.1 Å². The van der Waals surface area contributed by atoms with E-state index in [9.17, 15) is 19.2 Å². The average Bonchev–Trinajstić information content (AvgIpc) is 4.06. The number of imide groups is 2. The summed E-state index contributed by atoms with van der Waals surface area (Å²) in [5.41, 5.74) is 10.5. The minimum absolute atomic E-state index is 0.101. The van der Waals surface area contributed by atoms with Crippen molar-refractivity contribution in [2.45, 2.75) is 50.6 Å². The fourth-order valence-electron chi connectivity index (χ4n) is 9.93. The molecule has 0 aliphatic carbocycles. The molecule has 5 aliphatic rings. The molecule has 0 saturated carbocycles. The van der Waals surface area contributed by atoms with Crippen LogP contribution in [0.1, 0.15) is 65.3 Å². The average molecular weight is 809 g/mol. The lowest BCUT2D eigenvalue weighted by Gasteiger charge is -2.33. The number of aromatic nitrogens is 4. The van der Waals surface area contributed by atoms with E-state index in [0.29, 0.717) is 28.8 Å². The van der Waals surface area contributed by atoms with Crippen molar-refractivity contribution in [3.05, 3.63) is 90.3 Å². The van der Waals surface area contributed by atoms with E-state index in [4.69, 9.17) is 15.6 Å². The summed E-state index contributed by atoms with van der Waals surface area (Å²) in [6.45, 7) is 8.12. The zero-order valence-electron chi connectivity index (χ0n) is 33.4. The Morgan fingerprint density at radius 3 is 2.25 bits per heavy atom. The second-order valence-electron chi connectivity index (χ2n) is 16.9. The number of piperidine rings is 2. The van der Waals surface area contributed by atoms with Gasteiger partial charge in [-0.25, -0.2) is 14.6 Å². The highest BCUT2D eigenvalue weighted by molar-refractivity contribution is 6.23. The van der Waals surface area contributed by atoms with Crippen molar-refractivity contribution in [1.82, 2.24) is 39.8 Å². The Morgan fingerprint density at radius 1 is 0.733 bits per heavy atom. The second-order valence-corrected chi connectivity index (χ2v) is 16.9. The number of rotatable bonds is 10. The number of carbonyl (C=O) groups excluding carboxylic acids is 4. The Kier molecular flexibility index (Phi) is 10.00. The minimum atomic E-state index is -0.963. The van der Waals surface area contributed by atoms with Crippen LogP contribution in [0.4, 0.5) is 11.5 Å². The molecule has 15 heteroatoms. The van der Waals surface area contributed by atoms with Gasteiger partial charge in [0.1, 0.15) is 35.4 Å². The molecule has 15 nitrogen and oxygen atoms in total. The number of hydrogen-bond acceptors (Lipinski definition) is 12. The zero-order valence-corrected chi connectivity index (χ0v) is 33.4. The van der Waals surface area contributed by atoms with Crippen LogP contribution in [0.2, 0.25) is 0 Å². The summed E-state index contributed by atoms with van der Waals surface area (Å²) in [5.74, 6) is 1.18. The van der Waals surface area contributed by atoms with Crippen molar-refractivity contribution in [2.24, 2.45) is 11.8 Å². The molecular formula is C45H48N10O5. The maximum absolute atomic E-state index is 13.4. The van der Waals surface area contributed by atoms with E-state index >= 15 is 0 Å². The molecule has 10 rings (SSSR count). The lowest BCUT2D eigenvalue weighted by Crippen LogP contribution is -2.54. The first kappa shape index (κ1) is 38.0. The van der Waals surface area contributed by atoms with Gasteiger partial charge in [-0.3, -0.25) is 29.4 Å².